The third kappa shape index (κ3) is 3.89. The van der Waals surface area contributed by atoms with Crippen molar-refractivity contribution in [3.8, 4) is 0 Å². The lowest BCUT2D eigenvalue weighted by molar-refractivity contribution is -0.387. The second kappa shape index (κ2) is 6.98. The maximum Gasteiger partial charge on any atom is 0.289 e. The molecule has 0 spiro atoms. The Balaban J connectivity index is 0.00000200. The quantitative estimate of drug-likeness (QED) is 0.620. The molecule has 112 valence electrons. The first kappa shape index (κ1) is 16.8. The minimum atomic E-state index is -3.84. The van der Waals surface area contributed by atoms with Crippen LogP contribution in [0.4, 0.5) is 5.69 Å². The van der Waals surface area contributed by atoms with Crippen LogP contribution in [-0.2, 0) is 10.0 Å². The standard InChI is InChI=1S/C11H15N3O4S.ClH/c15-14(16)10-3-1-2-4-11(10)19(17,18)13-8-9-5-6-12-7-9;/h1-4,9,12-13H,5-8H2;1H. The molecular formula is C11H16ClN3O4S. The summed E-state index contributed by atoms with van der Waals surface area (Å²) < 4.78 is 26.6. The second-order valence-electron chi connectivity index (χ2n) is 4.44. The molecule has 1 aromatic carbocycles. The predicted octanol–water partition coefficient (Wildman–Crippen LogP) is 0.904. The maximum absolute atomic E-state index is 12.1. The van der Waals surface area contributed by atoms with Crippen LogP contribution in [-0.4, -0.2) is 33.0 Å². The molecule has 1 unspecified atom stereocenters. The molecule has 1 fully saturated rings. The molecule has 0 amide bonds. The molecular weight excluding hydrogens is 306 g/mol. The van der Waals surface area contributed by atoms with Crippen LogP contribution in [0.2, 0.25) is 0 Å². The van der Waals surface area contributed by atoms with Gasteiger partial charge in [0.25, 0.3) is 5.69 Å². The van der Waals surface area contributed by atoms with E-state index in [4.69, 9.17) is 0 Å². The SMILES string of the molecule is Cl.O=[N+]([O-])c1ccccc1S(=O)(=O)NCC1CCNC1. The summed E-state index contributed by atoms with van der Waals surface area (Å²) in [5.41, 5.74) is -0.403. The van der Waals surface area contributed by atoms with E-state index in [1.807, 2.05) is 0 Å². The molecule has 0 aromatic heterocycles. The van der Waals surface area contributed by atoms with E-state index in [-0.39, 0.29) is 23.2 Å². The highest BCUT2D eigenvalue weighted by Gasteiger charge is 2.26. The molecule has 0 aliphatic carbocycles. The summed E-state index contributed by atoms with van der Waals surface area (Å²) in [6.45, 7) is 1.93. The molecule has 1 saturated heterocycles. The van der Waals surface area contributed by atoms with Crippen molar-refractivity contribution in [1.29, 1.82) is 0 Å². The summed E-state index contributed by atoms with van der Waals surface area (Å²) in [5.74, 6) is 0.234. The first-order valence-electron chi connectivity index (χ1n) is 5.94. The Kier molecular flexibility index (Phi) is 5.88. The van der Waals surface area contributed by atoms with Crippen LogP contribution in [0.15, 0.2) is 29.2 Å². The molecule has 1 heterocycles. The summed E-state index contributed by atoms with van der Waals surface area (Å²) in [6.07, 6.45) is 0.902. The molecule has 1 aromatic rings. The van der Waals surface area contributed by atoms with Crippen molar-refractivity contribution < 1.29 is 13.3 Å². The molecule has 0 bridgehead atoms. The van der Waals surface area contributed by atoms with E-state index in [0.29, 0.717) is 6.54 Å². The Morgan fingerprint density at radius 3 is 2.70 bits per heavy atom. The predicted molar refractivity (Wildman–Crippen MR) is 76.5 cm³/mol. The molecule has 1 aliphatic heterocycles. The van der Waals surface area contributed by atoms with Crippen LogP contribution < -0.4 is 10.0 Å². The van der Waals surface area contributed by atoms with Crippen LogP contribution >= 0.6 is 12.4 Å². The van der Waals surface area contributed by atoms with Gasteiger partial charge >= 0.3 is 0 Å². The van der Waals surface area contributed by atoms with Gasteiger partial charge in [-0.1, -0.05) is 12.1 Å². The van der Waals surface area contributed by atoms with Crippen molar-refractivity contribution in [2.24, 2.45) is 5.92 Å². The number of benzene rings is 1. The molecule has 2 rings (SSSR count). The highest BCUT2D eigenvalue weighted by Crippen LogP contribution is 2.22. The van der Waals surface area contributed by atoms with E-state index >= 15 is 0 Å². The van der Waals surface area contributed by atoms with Crippen LogP contribution in [0.1, 0.15) is 6.42 Å². The number of hydrogen-bond donors (Lipinski definition) is 2. The number of nitrogens with one attached hydrogen (secondary N) is 2. The van der Waals surface area contributed by atoms with Crippen molar-refractivity contribution >= 4 is 28.1 Å². The Labute approximate surface area is 123 Å². The molecule has 1 atom stereocenters. The highest BCUT2D eigenvalue weighted by molar-refractivity contribution is 7.89. The van der Waals surface area contributed by atoms with Gasteiger partial charge in [-0.3, -0.25) is 10.1 Å². The van der Waals surface area contributed by atoms with E-state index in [0.717, 1.165) is 19.5 Å². The summed E-state index contributed by atoms with van der Waals surface area (Å²) in [6, 6.07) is 5.34. The third-order valence-corrected chi connectivity index (χ3v) is 4.55. The number of hydrogen-bond acceptors (Lipinski definition) is 5. The smallest absolute Gasteiger partial charge is 0.289 e. The maximum atomic E-state index is 12.1. The fourth-order valence-corrected chi connectivity index (χ4v) is 3.32. The van der Waals surface area contributed by atoms with E-state index in [2.05, 4.69) is 10.0 Å². The lowest BCUT2D eigenvalue weighted by Gasteiger charge is -2.10. The van der Waals surface area contributed by atoms with Gasteiger partial charge in [0.2, 0.25) is 10.0 Å². The normalized spacial score (nSPS) is 18.5. The Morgan fingerprint density at radius 1 is 1.40 bits per heavy atom. The number of nitro groups is 1. The lowest BCUT2D eigenvalue weighted by Crippen LogP contribution is -2.30. The minimum absolute atomic E-state index is 0. The molecule has 1 aliphatic rings. The van der Waals surface area contributed by atoms with Crippen LogP contribution in [0.25, 0.3) is 0 Å². The zero-order chi connectivity index (χ0) is 13.9. The van der Waals surface area contributed by atoms with Crippen LogP contribution in [0.3, 0.4) is 0 Å². The highest BCUT2D eigenvalue weighted by atomic mass is 35.5. The van der Waals surface area contributed by atoms with Crippen LogP contribution in [0, 0.1) is 16.0 Å². The molecule has 20 heavy (non-hydrogen) atoms. The van der Waals surface area contributed by atoms with Gasteiger partial charge in [0.15, 0.2) is 4.90 Å². The number of sulfonamides is 1. The van der Waals surface area contributed by atoms with Gasteiger partial charge in [-0.25, -0.2) is 13.1 Å². The first-order chi connectivity index (χ1) is 9.00. The Morgan fingerprint density at radius 2 is 2.10 bits per heavy atom. The van der Waals surface area contributed by atoms with E-state index in [1.165, 1.54) is 24.3 Å². The molecule has 7 nitrogen and oxygen atoms in total. The van der Waals surface area contributed by atoms with Gasteiger partial charge in [0.1, 0.15) is 0 Å². The zero-order valence-electron chi connectivity index (χ0n) is 10.6. The number of para-hydroxylation sites is 1. The number of halogens is 1. The topological polar surface area (TPSA) is 101 Å². The van der Waals surface area contributed by atoms with Crippen molar-refractivity contribution in [3.63, 3.8) is 0 Å². The first-order valence-corrected chi connectivity index (χ1v) is 7.43. The zero-order valence-corrected chi connectivity index (χ0v) is 12.2. The van der Waals surface area contributed by atoms with E-state index < -0.39 is 20.6 Å². The fourth-order valence-electron chi connectivity index (χ4n) is 2.03. The average molecular weight is 322 g/mol. The van der Waals surface area contributed by atoms with E-state index in [1.54, 1.807) is 0 Å². The van der Waals surface area contributed by atoms with Gasteiger partial charge in [0.05, 0.1) is 4.92 Å². The van der Waals surface area contributed by atoms with Crippen molar-refractivity contribution in [3.05, 3.63) is 34.4 Å². The number of nitro benzene ring substituents is 1. The molecule has 9 heteroatoms. The minimum Gasteiger partial charge on any atom is -0.316 e. The Hall–Kier alpha value is -1.22. The average Bonchev–Trinajstić information content (AvgIpc) is 2.89. The third-order valence-electron chi connectivity index (χ3n) is 3.08. The van der Waals surface area contributed by atoms with Gasteiger partial charge in [-0.15, -0.1) is 12.4 Å². The summed E-state index contributed by atoms with van der Waals surface area (Å²) in [4.78, 5) is 9.86. The van der Waals surface area contributed by atoms with Gasteiger partial charge in [0, 0.05) is 12.6 Å². The summed E-state index contributed by atoms with van der Waals surface area (Å²) >= 11 is 0. The summed E-state index contributed by atoms with van der Waals surface area (Å²) in [5, 5.41) is 14.0. The number of nitrogens with zero attached hydrogens (tertiary/aromatic N) is 1. The van der Waals surface area contributed by atoms with Crippen molar-refractivity contribution in [2.45, 2.75) is 11.3 Å². The fraction of sp³-hybridized carbons (Fsp3) is 0.455. The number of rotatable bonds is 5. The molecule has 0 saturated carbocycles. The summed E-state index contributed by atoms with van der Waals surface area (Å²) in [7, 11) is -3.84. The largest absolute Gasteiger partial charge is 0.316 e. The molecule has 0 radical (unpaired) electrons. The molecule has 2 N–H and O–H groups in total. The van der Waals surface area contributed by atoms with Crippen LogP contribution in [0.5, 0.6) is 0 Å². The van der Waals surface area contributed by atoms with Gasteiger partial charge in [-0.2, -0.15) is 0 Å². The van der Waals surface area contributed by atoms with E-state index in [9.17, 15) is 18.5 Å². The van der Waals surface area contributed by atoms with Crippen molar-refractivity contribution in [1.82, 2.24) is 10.0 Å². The lowest BCUT2D eigenvalue weighted by atomic mass is 10.1. The monoisotopic (exact) mass is 321 g/mol. The van der Waals surface area contributed by atoms with Crippen molar-refractivity contribution in [2.75, 3.05) is 19.6 Å². The Bertz CT molecular complexity index is 573. The van der Waals surface area contributed by atoms with Gasteiger partial charge in [-0.05, 0) is 31.5 Å². The van der Waals surface area contributed by atoms with Gasteiger partial charge < -0.3 is 5.32 Å². The second-order valence-corrected chi connectivity index (χ2v) is 6.17.